The molecule has 8 heteroatoms. The van der Waals surface area contributed by atoms with E-state index in [0.29, 0.717) is 5.56 Å². The van der Waals surface area contributed by atoms with E-state index in [1.807, 2.05) is 54.6 Å². The van der Waals surface area contributed by atoms with E-state index in [1.165, 1.54) is 0 Å². The van der Waals surface area contributed by atoms with E-state index in [-0.39, 0.29) is 11.9 Å². The monoisotopic (exact) mass is 621 g/mol. The van der Waals surface area contributed by atoms with Gasteiger partial charge >= 0.3 is 0 Å². The second-order valence-corrected chi connectivity index (χ2v) is 8.48. The van der Waals surface area contributed by atoms with Gasteiger partial charge in [0.15, 0.2) is 0 Å². The highest BCUT2D eigenvalue weighted by Gasteiger charge is 2.07. The van der Waals surface area contributed by atoms with Crippen molar-refractivity contribution in [1.82, 2.24) is 10.7 Å². The average Bonchev–Trinajstić information content (AvgIpc) is 2.77. The van der Waals surface area contributed by atoms with Crippen LogP contribution in [0.3, 0.4) is 0 Å². The molecule has 3 aromatic rings. The molecular formula is C22H17I2N5O. The fourth-order valence-corrected chi connectivity index (χ4v) is 2.98. The Hall–Kier alpha value is -2.60. The summed E-state index contributed by atoms with van der Waals surface area (Å²) in [5.41, 5.74) is 5.07. The minimum Gasteiger partial charge on any atom is -0.290 e. The van der Waals surface area contributed by atoms with Crippen LogP contribution in [0.15, 0.2) is 94.2 Å². The molecule has 0 unspecified atom stereocenters. The maximum absolute atomic E-state index is 12.5. The standard InChI is InChI=1S/C22H17I2N5O/c23-19-10-6-16(7-11-19)14-25-28-22(27-21(30)18-4-2-1-3-5-18)29-26-15-17-8-12-20(24)13-9-17/h1-15H,(H2,27,28,29,30). The number of hydrogen-bond acceptors (Lipinski definition) is 4. The van der Waals surface area contributed by atoms with E-state index < -0.39 is 0 Å². The van der Waals surface area contributed by atoms with Crippen LogP contribution in [0, 0.1) is 7.14 Å². The molecule has 0 fully saturated rings. The summed E-state index contributed by atoms with van der Waals surface area (Å²) in [6.45, 7) is 0. The Kier molecular flexibility index (Phi) is 8.51. The minimum absolute atomic E-state index is 0.118. The molecule has 0 radical (unpaired) electrons. The summed E-state index contributed by atoms with van der Waals surface area (Å²) in [5, 5.41) is 15.0. The average molecular weight is 621 g/mol. The molecule has 0 saturated carbocycles. The Bertz CT molecular complexity index is 1060. The van der Waals surface area contributed by atoms with Crippen LogP contribution in [0.1, 0.15) is 21.5 Å². The third-order valence-corrected chi connectivity index (χ3v) is 5.19. The summed E-state index contributed by atoms with van der Waals surface area (Å²) < 4.78 is 2.27. The number of hydrazone groups is 1. The van der Waals surface area contributed by atoms with Gasteiger partial charge in [0.2, 0.25) is 5.96 Å². The van der Waals surface area contributed by atoms with Crippen LogP contribution < -0.4 is 10.7 Å². The lowest BCUT2D eigenvalue weighted by Gasteiger charge is -2.06. The van der Waals surface area contributed by atoms with Crippen molar-refractivity contribution in [3.8, 4) is 0 Å². The number of rotatable bonds is 5. The van der Waals surface area contributed by atoms with Gasteiger partial charge in [-0.3, -0.25) is 10.1 Å². The van der Waals surface area contributed by atoms with E-state index in [2.05, 4.69) is 71.2 Å². The Labute approximate surface area is 201 Å². The second-order valence-electron chi connectivity index (χ2n) is 5.99. The van der Waals surface area contributed by atoms with Crippen molar-refractivity contribution < 1.29 is 4.79 Å². The lowest BCUT2D eigenvalue weighted by molar-refractivity contribution is 0.0975. The number of nitrogens with one attached hydrogen (secondary N) is 2. The van der Waals surface area contributed by atoms with Gasteiger partial charge in [-0.25, -0.2) is 5.43 Å². The van der Waals surface area contributed by atoms with Crippen molar-refractivity contribution in [3.63, 3.8) is 0 Å². The fourth-order valence-electron chi connectivity index (χ4n) is 2.26. The van der Waals surface area contributed by atoms with Crippen molar-refractivity contribution in [2.75, 3.05) is 0 Å². The summed E-state index contributed by atoms with van der Waals surface area (Å²) in [5.74, 6) is -0.192. The first-order valence-electron chi connectivity index (χ1n) is 8.88. The molecule has 0 aromatic heterocycles. The molecule has 3 rings (SSSR count). The molecule has 0 heterocycles. The highest BCUT2D eigenvalue weighted by atomic mass is 127. The molecule has 0 aliphatic rings. The third-order valence-electron chi connectivity index (χ3n) is 3.76. The van der Waals surface area contributed by atoms with Gasteiger partial charge in [-0.1, -0.05) is 42.5 Å². The number of amides is 1. The normalized spacial score (nSPS) is 11.7. The van der Waals surface area contributed by atoms with Crippen LogP contribution in [0.2, 0.25) is 0 Å². The van der Waals surface area contributed by atoms with Gasteiger partial charge in [0.1, 0.15) is 0 Å². The number of hydrogen-bond donors (Lipinski definition) is 2. The Morgan fingerprint density at radius 3 is 1.93 bits per heavy atom. The predicted molar refractivity (Wildman–Crippen MR) is 138 cm³/mol. The van der Waals surface area contributed by atoms with Crippen LogP contribution in [0.25, 0.3) is 0 Å². The van der Waals surface area contributed by atoms with Gasteiger partial charge in [-0.05, 0) is 92.7 Å². The third kappa shape index (κ3) is 7.34. The molecule has 30 heavy (non-hydrogen) atoms. The van der Waals surface area contributed by atoms with E-state index in [1.54, 1.807) is 36.7 Å². The first-order chi connectivity index (χ1) is 14.6. The topological polar surface area (TPSA) is 78.2 Å². The van der Waals surface area contributed by atoms with Gasteiger partial charge in [0, 0.05) is 12.7 Å². The van der Waals surface area contributed by atoms with Gasteiger partial charge in [-0.15, -0.1) is 5.10 Å². The van der Waals surface area contributed by atoms with E-state index in [9.17, 15) is 4.79 Å². The highest BCUT2D eigenvalue weighted by molar-refractivity contribution is 14.1. The van der Waals surface area contributed by atoms with Crippen LogP contribution in [-0.2, 0) is 0 Å². The Balaban J connectivity index is 1.73. The lowest BCUT2D eigenvalue weighted by Crippen LogP contribution is -2.38. The predicted octanol–water partition coefficient (Wildman–Crippen LogP) is 4.64. The largest absolute Gasteiger partial charge is 0.290 e. The van der Waals surface area contributed by atoms with Gasteiger partial charge in [0.05, 0.1) is 12.4 Å². The molecule has 0 spiro atoms. The smallest absolute Gasteiger partial charge is 0.258 e. The Morgan fingerprint density at radius 1 is 0.767 bits per heavy atom. The summed E-state index contributed by atoms with van der Waals surface area (Å²) in [6, 6.07) is 24.6. The highest BCUT2D eigenvalue weighted by Crippen LogP contribution is 2.06. The quantitative estimate of drug-likeness (QED) is 0.189. The molecule has 0 atom stereocenters. The zero-order valence-corrected chi connectivity index (χ0v) is 20.0. The summed E-state index contributed by atoms with van der Waals surface area (Å²) in [4.78, 5) is 12.5. The molecule has 150 valence electrons. The second kappa shape index (κ2) is 11.6. The first kappa shape index (κ1) is 22.1. The molecule has 0 bridgehead atoms. The van der Waals surface area contributed by atoms with Gasteiger partial charge in [0.25, 0.3) is 5.91 Å². The minimum atomic E-state index is -0.309. The molecule has 3 aromatic carbocycles. The summed E-state index contributed by atoms with van der Waals surface area (Å²) in [7, 11) is 0. The molecule has 0 saturated heterocycles. The van der Waals surface area contributed by atoms with Gasteiger partial charge < -0.3 is 0 Å². The van der Waals surface area contributed by atoms with Crippen molar-refractivity contribution >= 4 is 69.5 Å². The number of nitrogens with zero attached hydrogens (tertiary/aromatic N) is 3. The molecule has 0 aliphatic carbocycles. The molecule has 1 amide bonds. The molecule has 2 N–H and O–H groups in total. The molecule has 0 aliphatic heterocycles. The lowest BCUT2D eigenvalue weighted by atomic mass is 10.2. The number of carbonyl (C=O) groups is 1. The fraction of sp³-hybridized carbons (Fsp3) is 0. The van der Waals surface area contributed by atoms with Crippen LogP contribution >= 0.6 is 45.2 Å². The number of guanidine groups is 1. The van der Waals surface area contributed by atoms with Crippen LogP contribution in [0.5, 0.6) is 0 Å². The summed E-state index contributed by atoms with van der Waals surface area (Å²) in [6.07, 6.45) is 3.25. The van der Waals surface area contributed by atoms with Crippen LogP contribution in [0.4, 0.5) is 0 Å². The molecular weight excluding hydrogens is 604 g/mol. The number of benzene rings is 3. The maximum Gasteiger partial charge on any atom is 0.258 e. The SMILES string of the molecule is O=C(NC(=NN=Cc1ccc(I)cc1)NN=Cc1ccc(I)cc1)c1ccccc1. The van der Waals surface area contributed by atoms with E-state index in [4.69, 9.17) is 0 Å². The van der Waals surface area contributed by atoms with Crippen molar-refractivity contribution in [2.24, 2.45) is 15.3 Å². The van der Waals surface area contributed by atoms with E-state index in [0.717, 1.165) is 18.3 Å². The van der Waals surface area contributed by atoms with Crippen molar-refractivity contribution in [3.05, 3.63) is 103 Å². The van der Waals surface area contributed by atoms with Crippen LogP contribution in [-0.4, -0.2) is 24.3 Å². The summed E-state index contributed by atoms with van der Waals surface area (Å²) >= 11 is 4.48. The zero-order chi connectivity index (χ0) is 21.2. The van der Waals surface area contributed by atoms with Crippen molar-refractivity contribution in [1.29, 1.82) is 0 Å². The zero-order valence-electron chi connectivity index (χ0n) is 15.7. The van der Waals surface area contributed by atoms with Gasteiger partial charge in [-0.2, -0.15) is 10.2 Å². The van der Waals surface area contributed by atoms with Crippen molar-refractivity contribution in [2.45, 2.75) is 0 Å². The first-order valence-corrected chi connectivity index (χ1v) is 11.0. The van der Waals surface area contributed by atoms with E-state index >= 15 is 0 Å². The number of halogens is 2. The Morgan fingerprint density at radius 2 is 1.33 bits per heavy atom. The molecule has 6 nitrogen and oxygen atoms in total. The maximum atomic E-state index is 12.5. The number of carbonyl (C=O) groups excluding carboxylic acids is 1.